The number of nitrogen functional groups attached to an aromatic ring is 1. The first-order valence-corrected chi connectivity index (χ1v) is 7.14. The minimum absolute atomic E-state index is 0.527. The van der Waals surface area contributed by atoms with Gasteiger partial charge in [0.05, 0.1) is 11.0 Å². The number of aromatic nitrogens is 2. The van der Waals surface area contributed by atoms with Crippen LogP contribution in [0, 0.1) is 0 Å². The van der Waals surface area contributed by atoms with Crippen molar-refractivity contribution in [1.82, 2.24) is 9.55 Å². The van der Waals surface area contributed by atoms with E-state index in [1.165, 1.54) is 0 Å². The Morgan fingerprint density at radius 1 is 1.56 bits per heavy atom. The molecular weight excluding hydrogens is 286 g/mol. The molecule has 2 N–H and O–H groups in total. The number of thioether (sulfide) groups is 1. The van der Waals surface area contributed by atoms with Gasteiger partial charge in [0.15, 0.2) is 0 Å². The Labute approximate surface area is 108 Å². The van der Waals surface area contributed by atoms with Crippen LogP contribution >= 0.6 is 27.7 Å². The number of imidazole rings is 1. The van der Waals surface area contributed by atoms with E-state index in [1.807, 2.05) is 23.9 Å². The fourth-order valence-corrected chi connectivity index (χ4v) is 2.29. The molecule has 0 aliphatic rings. The molecular formula is C11H14BrN3S. The Bertz CT molecular complexity index is 509. The molecule has 0 saturated carbocycles. The maximum absolute atomic E-state index is 5.93. The zero-order valence-corrected chi connectivity index (χ0v) is 11.7. The highest BCUT2D eigenvalue weighted by Gasteiger charge is 2.10. The number of rotatable bonds is 3. The Kier molecular flexibility index (Phi) is 3.44. The third-order valence-corrected chi connectivity index (χ3v) is 4.03. The van der Waals surface area contributed by atoms with Crippen molar-refractivity contribution in [3.63, 3.8) is 0 Å². The van der Waals surface area contributed by atoms with Crippen molar-refractivity contribution in [2.24, 2.45) is 0 Å². The van der Waals surface area contributed by atoms with E-state index in [-0.39, 0.29) is 0 Å². The molecule has 0 aliphatic heterocycles. The largest absolute Gasteiger partial charge is 0.369 e. The summed E-state index contributed by atoms with van der Waals surface area (Å²) >= 11 is 5.30. The van der Waals surface area contributed by atoms with Gasteiger partial charge in [-0.25, -0.2) is 4.98 Å². The molecule has 16 heavy (non-hydrogen) atoms. The average Bonchev–Trinajstić information content (AvgIpc) is 2.55. The molecule has 0 amide bonds. The van der Waals surface area contributed by atoms with Crippen LogP contribution in [0.15, 0.2) is 22.7 Å². The van der Waals surface area contributed by atoms with Gasteiger partial charge in [-0.1, -0.05) is 22.9 Å². The zero-order valence-electron chi connectivity index (χ0n) is 9.27. The number of nitrogens with two attached hydrogens (primary N) is 1. The molecule has 3 nitrogen and oxygen atoms in total. The van der Waals surface area contributed by atoms with E-state index in [4.69, 9.17) is 5.73 Å². The van der Waals surface area contributed by atoms with Gasteiger partial charge in [0.25, 0.3) is 0 Å². The van der Waals surface area contributed by atoms with Crippen molar-refractivity contribution in [3.8, 4) is 0 Å². The van der Waals surface area contributed by atoms with E-state index >= 15 is 0 Å². The molecule has 0 spiro atoms. The Morgan fingerprint density at radius 2 is 2.31 bits per heavy atom. The lowest BCUT2D eigenvalue weighted by Gasteiger charge is -2.11. The van der Waals surface area contributed by atoms with Gasteiger partial charge in [-0.3, -0.25) is 0 Å². The van der Waals surface area contributed by atoms with Gasteiger partial charge in [0, 0.05) is 16.3 Å². The van der Waals surface area contributed by atoms with Gasteiger partial charge < -0.3 is 10.3 Å². The molecule has 1 aromatic heterocycles. The molecule has 2 aromatic rings. The van der Waals surface area contributed by atoms with Crippen LogP contribution in [-0.2, 0) is 6.54 Å². The van der Waals surface area contributed by atoms with Crippen molar-refractivity contribution in [3.05, 3.63) is 22.7 Å². The lowest BCUT2D eigenvalue weighted by molar-refractivity contribution is 0.721. The maximum atomic E-state index is 5.93. The van der Waals surface area contributed by atoms with Gasteiger partial charge in [-0.2, -0.15) is 11.8 Å². The lowest BCUT2D eigenvalue weighted by atomic mass is 10.3. The third-order valence-electron chi connectivity index (χ3n) is 2.58. The summed E-state index contributed by atoms with van der Waals surface area (Å²) < 4.78 is 3.12. The number of fused-ring (bicyclic) bond motifs is 1. The van der Waals surface area contributed by atoms with E-state index in [2.05, 4.69) is 44.7 Å². The zero-order chi connectivity index (χ0) is 11.7. The smallest absolute Gasteiger partial charge is 0.201 e. The third kappa shape index (κ3) is 2.20. The number of hydrogen-bond donors (Lipinski definition) is 1. The molecule has 0 fully saturated rings. The SMILES string of the molecule is CSC(C)Cn1c(N)nc2ccc(Br)cc21. The van der Waals surface area contributed by atoms with Crippen LogP contribution in [0.25, 0.3) is 11.0 Å². The highest BCUT2D eigenvalue weighted by Crippen LogP contribution is 2.23. The summed E-state index contributed by atoms with van der Waals surface area (Å²) in [5.74, 6) is 0.592. The predicted molar refractivity (Wildman–Crippen MR) is 74.8 cm³/mol. The van der Waals surface area contributed by atoms with Gasteiger partial charge in [-0.05, 0) is 24.5 Å². The highest BCUT2D eigenvalue weighted by molar-refractivity contribution is 9.10. The molecule has 2 rings (SSSR count). The van der Waals surface area contributed by atoms with E-state index < -0.39 is 0 Å². The molecule has 0 radical (unpaired) electrons. The molecule has 5 heteroatoms. The minimum atomic E-state index is 0.527. The van der Waals surface area contributed by atoms with E-state index in [9.17, 15) is 0 Å². The van der Waals surface area contributed by atoms with E-state index in [0.29, 0.717) is 11.2 Å². The standard InChI is InChI=1S/C11H14BrN3S/c1-7(16-2)6-15-10-5-8(12)3-4-9(10)14-11(15)13/h3-5,7H,6H2,1-2H3,(H2,13,14). The maximum Gasteiger partial charge on any atom is 0.201 e. The van der Waals surface area contributed by atoms with Gasteiger partial charge >= 0.3 is 0 Å². The van der Waals surface area contributed by atoms with Crippen molar-refractivity contribution in [2.75, 3.05) is 12.0 Å². The molecule has 0 saturated heterocycles. The molecule has 1 aromatic carbocycles. The first-order chi connectivity index (χ1) is 7.61. The highest BCUT2D eigenvalue weighted by atomic mass is 79.9. The van der Waals surface area contributed by atoms with Crippen molar-refractivity contribution >= 4 is 44.7 Å². The number of halogens is 1. The van der Waals surface area contributed by atoms with Crippen molar-refractivity contribution in [2.45, 2.75) is 18.7 Å². The molecule has 1 unspecified atom stereocenters. The van der Waals surface area contributed by atoms with Crippen LogP contribution < -0.4 is 5.73 Å². The second-order valence-corrected chi connectivity index (χ2v) is 5.95. The molecule has 0 bridgehead atoms. The molecule has 1 atom stereocenters. The van der Waals surface area contributed by atoms with Crippen LogP contribution in [-0.4, -0.2) is 21.1 Å². The van der Waals surface area contributed by atoms with Crippen LogP contribution in [0.3, 0.4) is 0 Å². The second-order valence-electron chi connectivity index (χ2n) is 3.76. The molecule has 86 valence electrons. The van der Waals surface area contributed by atoms with Crippen LogP contribution in [0.1, 0.15) is 6.92 Å². The summed E-state index contributed by atoms with van der Waals surface area (Å²) in [6.07, 6.45) is 2.11. The van der Waals surface area contributed by atoms with E-state index in [0.717, 1.165) is 22.1 Å². The topological polar surface area (TPSA) is 43.8 Å². The first-order valence-electron chi connectivity index (χ1n) is 5.06. The van der Waals surface area contributed by atoms with Gasteiger partial charge in [-0.15, -0.1) is 0 Å². The van der Waals surface area contributed by atoms with Crippen LogP contribution in [0.4, 0.5) is 5.95 Å². The van der Waals surface area contributed by atoms with Crippen LogP contribution in [0.5, 0.6) is 0 Å². The van der Waals surface area contributed by atoms with Gasteiger partial charge in [0.1, 0.15) is 0 Å². The van der Waals surface area contributed by atoms with Gasteiger partial charge in [0.2, 0.25) is 5.95 Å². The quantitative estimate of drug-likeness (QED) is 0.947. The normalized spacial score (nSPS) is 13.2. The predicted octanol–water partition coefficient (Wildman–Crippen LogP) is 3.13. The number of anilines is 1. The monoisotopic (exact) mass is 299 g/mol. The first kappa shape index (κ1) is 11.8. The second kappa shape index (κ2) is 4.67. The van der Waals surface area contributed by atoms with Crippen LogP contribution in [0.2, 0.25) is 0 Å². The fourth-order valence-electron chi connectivity index (χ4n) is 1.64. The Balaban J connectivity index is 2.50. The number of nitrogens with zero attached hydrogens (tertiary/aromatic N) is 2. The summed E-state index contributed by atoms with van der Waals surface area (Å²) in [7, 11) is 0. The number of benzene rings is 1. The summed E-state index contributed by atoms with van der Waals surface area (Å²) in [4.78, 5) is 4.35. The Morgan fingerprint density at radius 3 is 3.00 bits per heavy atom. The average molecular weight is 300 g/mol. The summed E-state index contributed by atoms with van der Waals surface area (Å²) in [6.45, 7) is 3.08. The summed E-state index contributed by atoms with van der Waals surface area (Å²) in [5.41, 5.74) is 7.98. The number of hydrogen-bond acceptors (Lipinski definition) is 3. The Hall–Kier alpha value is -0.680. The van der Waals surface area contributed by atoms with E-state index in [1.54, 1.807) is 0 Å². The molecule has 0 aliphatic carbocycles. The minimum Gasteiger partial charge on any atom is -0.369 e. The summed E-state index contributed by atoms with van der Waals surface area (Å²) in [6, 6.07) is 6.03. The van der Waals surface area contributed by atoms with Crippen molar-refractivity contribution < 1.29 is 0 Å². The summed E-state index contributed by atoms with van der Waals surface area (Å²) in [5, 5.41) is 0.527. The fraction of sp³-hybridized carbons (Fsp3) is 0.364. The lowest BCUT2D eigenvalue weighted by Crippen LogP contribution is -2.11. The molecule has 1 heterocycles. The van der Waals surface area contributed by atoms with Crippen molar-refractivity contribution in [1.29, 1.82) is 0 Å².